The molecule has 0 aliphatic carbocycles. The van der Waals surface area contributed by atoms with Crippen molar-refractivity contribution in [2.45, 2.75) is 57.7 Å². The lowest BCUT2D eigenvalue weighted by Gasteiger charge is -2.32. The smallest absolute Gasteiger partial charge is 0.255 e. The molecule has 6 rings (SSSR count). The van der Waals surface area contributed by atoms with Crippen LogP contribution in [0, 0.1) is 6.92 Å². The fourth-order valence-electron chi connectivity index (χ4n) is 6.33. The van der Waals surface area contributed by atoms with E-state index >= 15 is 0 Å². The summed E-state index contributed by atoms with van der Waals surface area (Å²) in [6.07, 6.45) is 6.94. The fourth-order valence-corrected chi connectivity index (χ4v) is 6.33. The Morgan fingerprint density at radius 1 is 1.05 bits per heavy atom. The largest absolute Gasteiger partial charge is 0.334 e. The van der Waals surface area contributed by atoms with E-state index in [0.29, 0.717) is 35.7 Å². The van der Waals surface area contributed by atoms with Gasteiger partial charge < -0.3 is 9.80 Å². The lowest BCUT2D eigenvalue weighted by molar-refractivity contribution is -0.136. The first kappa shape index (κ1) is 29.4. The van der Waals surface area contributed by atoms with Crippen molar-refractivity contribution in [3.8, 4) is 0 Å². The lowest BCUT2D eigenvalue weighted by atomic mass is 9.87. The van der Waals surface area contributed by atoms with Crippen molar-refractivity contribution >= 4 is 41.7 Å². The molecule has 1 N–H and O–H groups in total. The number of hydrogen-bond donors (Lipinski definition) is 1. The second-order valence-electron chi connectivity index (χ2n) is 11.9. The molecule has 1 aromatic heterocycles. The van der Waals surface area contributed by atoms with E-state index in [4.69, 9.17) is 0 Å². The van der Waals surface area contributed by atoms with Gasteiger partial charge in [-0.05, 0) is 92.2 Å². The predicted octanol–water partition coefficient (Wildman–Crippen LogP) is 4.14. The van der Waals surface area contributed by atoms with E-state index in [2.05, 4.69) is 26.3 Å². The van der Waals surface area contributed by atoms with Gasteiger partial charge in [0.25, 0.3) is 5.91 Å². The summed E-state index contributed by atoms with van der Waals surface area (Å²) in [5, 5.41) is 2.36. The van der Waals surface area contributed by atoms with Crippen LogP contribution in [0.25, 0.3) is 0 Å². The summed E-state index contributed by atoms with van der Waals surface area (Å²) < 4.78 is 0. The van der Waals surface area contributed by atoms with Crippen molar-refractivity contribution in [3.63, 3.8) is 0 Å². The first-order chi connectivity index (χ1) is 21.3. The number of imide groups is 1. The molecule has 1 atom stereocenters. The molecule has 0 saturated carbocycles. The van der Waals surface area contributed by atoms with Gasteiger partial charge in [-0.15, -0.1) is 0 Å². The monoisotopic (exact) mass is 592 g/mol. The molecule has 0 spiro atoms. The Balaban J connectivity index is 1.05. The fraction of sp³-hybridized carbons (Fsp3) is 0.353. The van der Waals surface area contributed by atoms with Crippen molar-refractivity contribution in [1.82, 2.24) is 20.1 Å². The van der Waals surface area contributed by atoms with Crippen molar-refractivity contribution in [2.24, 2.45) is 4.99 Å². The van der Waals surface area contributed by atoms with Gasteiger partial charge in [-0.1, -0.05) is 18.2 Å². The highest BCUT2D eigenvalue weighted by molar-refractivity contribution is 6.05. The maximum Gasteiger partial charge on any atom is 0.255 e. The molecule has 3 aliphatic rings. The van der Waals surface area contributed by atoms with E-state index in [1.165, 1.54) is 5.56 Å². The van der Waals surface area contributed by atoms with Gasteiger partial charge in [0.05, 0.1) is 23.9 Å². The average molecular weight is 593 g/mol. The number of pyridine rings is 1. The van der Waals surface area contributed by atoms with E-state index in [1.807, 2.05) is 61.3 Å². The van der Waals surface area contributed by atoms with Crippen molar-refractivity contribution in [3.05, 3.63) is 88.2 Å². The first-order valence-electron chi connectivity index (χ1n) is 15.1. The Kier molecular flexibility index (Phi) is 8.34. The molecule has 2 saturated heterocycles. The predicted molar refractivity (Wildman–Crippen MR) is 167 cm³/mol. The minimum Gasteiger partial charge on any atom is -0.334 e. The van der Waals surface area contributed by atoms with E-state index in [0.717, 1.165) is 61.3 Å². The third-order valence-electron chi connectivity index (χ3n) is 8.90. The first-order valence-corrected chi connectivity index (χ1v) is 15.1. The van der Waals surface area contributed by atoms with Crippen LogP contribution in [-0.2, 0) is 22.7 Å². The second kappa shape index (κ2) is 12.5. The number of aromatic nitrogens is 1. The van der Waals surface area contributed by atoms with Gasteiger partial charge in [0.15, 0.2) is 6.29 Å². The minimum atomic E-state index is -0.600. The van der Waals surface area contributed by atoms with Crippen LogP contribution in [0.2, 0.25) is 0 Å². The van der Waals surface area contributed by atoms with E-state index in [9.17, 15) is 19.2 Å². The Morgan fingerprint density at radius 3 is 2.59 bits per heavy atom. The number of anilines is 1. The maximum absolute atomic E-state index is 13.0. The lowest BCUT2D eigenvalue weighted by Crippen LogP contribution is -2.52. The minimum absolute atomic E-state index is 0.141. The number of rotatable bonds is 8. The van der Waals surface area contributed by atoms with Crippen LogP contribution < -0.4 is 10.2 Å². The third-order valence-corrected chi connectivity index (χ3v) is 8.90. The number of aryl methyl sites for hydroxylation is 1. The molecule has 3 aromatic rings. The Hall–Kier alpha value is -4.70. The summed E-state index contributed by atoms with van der Waals surface area (Å²) >= 11 is 0. The van der Waals surface area contributed by atoms with Gasteiger partial charge in [-0.2, -0.15) is 0 Å². The number of carbonyl (C=O) groups excluding carboxylic acids is 4. The van der Waals surface area contributed by atoms with Gasteiger partial charge >= 0.3 is 0 Å². The van der Waals surface area contributed by atoms with Gasteiger partial charge in [0.1, 0.15) is 6.04 Å². The van der Waals surface area contributed by atoms with Crippen LogP contribution in [-0.4, -0.2) is 71.3 Å². The van der Waals surface area contributed by atoms with Gasteiger partial charge in [-0.3, -0.25) is 34.4 Å². The number of amides is 3. The average Bonchev–Trinajstić information content (AvgIpc) is 3.36. The quantitative estimate of drug-likeness (QED) is 0.181. The highest BCUT2D eigenvalue weighted by Crippen LogP contribution is 2.34. The number of benzene rings is 2. The van der Waals surface area contributed by atoms with Gasteiger partial charge in [-0.25, -0.2) is 4.99 Å². The number of hydrogen-bond acceptors (Lipinski definition) is 7. The Labute approximate surface area is 256 Å². The zero-order chi connectivity index (χ0) is 30.8. The molecule has 10 heteroatoms. The summed E-state index contributed by atoms with van der Waals surface area (Å²) in [6, 6.07) is 15.2. The molecular formula is C34H36N6O4. The molecule has 4 heterocycles. The highest BCUT2D eigenvalue weighted by Gasteiger charge is 2.39. The summed E-state index contributed by atoms with van der Waals surface area (Å²) in [7, 11) is 1.90. The van der Waals surface area contributed by atoms with Gasteiger partial charge in [0.2, 0.25) is 11.8 Å². The van der Waals surface area contributed by atoms with Crippen LogP contribution >= 0.6 is 0 Å². The van der Waals surface area contributed by atoms with Crippen LogP contribution in [0.3, 0.4) is 0 Å². The molecule has 10 nitrogen and oxygen atoms in total. The summed E-state index contributed by atoms with van der Waals surface area (Å²) in [6.45, 7) is 4.94. The third kappa shape index (κ3) is 6.16. The number of nitrogens with one attached hydrogen (secondary N) is 1. The SMILES string of the molecule is Cc1ccc(N(C)C=Nc2ccc(CN3CCC(c4ccc5c(c4)CN(C4CCC(=O)NC4=O)C5=O)CC3)cc2C=O)cn1. The molecule has 3 amide bonds. The molecule has 3 aliphatic heterocycles. The van der Waals surface area contributed by atoms with Crippen LogP contribution in [0.1, 0.15) is 74.7 Å². The van der Waals surface area contributed by atoms with Crippen molar-refractivity contribution < 1.29 is 19.2 Å². The molecule has 2 fully saturated rings. The summed E-state index contributed by atoms with van der Waals surface area (Å²) in [5.41, 5.74) is 6.93. The van der Waals surface area contributed by atoms with Crippen molar-refractivity contribution in [1.29, 1.82) is 0 Å². The summed E-state index contributed by atoms with van der Waals surface area (Å²) in [4.78, 5) is 63.6. The Morgan fingerprint density at radius 2 is 1.86 bits per heavy atom. The summed E-state index contributed by atoms with van der Waals surface area (Å²) in [5.74, 6) is -0.423. The van der Waals surface area contributed by atoms with E-state index in [1.54, 1.807) is 17.4 Å². The van der Waals surface area contributed by atoms with Crippen molar-refractivity contribution in [2.75, 3.05) is 25.0 Å². The maximum atomic E-state index is 13.0. The molecule has 44 heavy (non-hydrogen) atoms. The Bertz CT molecular complexity index is 1630. The molecule has 226 valence electrons. The molecule has 0 radical (unpaired) electrons. The van der Waals surface area contributed by atoms with Crippen LogP contribution in [0.4, 0.5) is 11.4 Å². The number of aliphatic imine (C=N–C) groups is 1. The van der Waals surface area contributed by atoms with Crippen LogP contribution in [0.5, 0.6) is 0 Å². The number of likely N-dealkylation sites (tertiary alicyclic amines) is 1. The number of fused-ring (bicyclic) bond motifs is 1. The standard InChI is InChI=1S/C34H36N6O4/c1-22-3-6-28(17-35-22)38(2)21-36-30-8-4-23(15-27(30)20-41)18-39-13-11-24(12-14-39)25-5-7-29-26(16-25)19-40(34(29)44)31-9-10-32(42)37-33(31)43/h3-8,15-17,20-21,24,31H,9-14,18-19H2,1-2H3,(H,37,42,43). The zero-order valence-corrected chi connectivity index (χ0v) is 25.0. The molecule has 1 unspecified atom stereocenters. The number of piperidine rings is 2. The number of nitrogens with zero attached hydrogens (tertiary/aromatic N) is 5. The van der Waals surface area contributed by atoms with E-state index in [-0.39, 0.29) is 24.1 Å². The molecule has 2 aromatic carbocycles. The molecular weight excluding hydrogens is 556 g/mol. The van der Waals surface area contributed by atoms with E-state index < -0.39 is 6.04 Å². The zero-order valence-electron chi connectivity index (χ0n) is 25.0. The molecule has 0 bridgehead atoms. The topological polar surface area (TPSA) is 115 Å². The van der Waals surface area contributed by atoms with Crippen LogP contribution in [0.15, 0.2) is 59.7 Å². The number of carbonyl (C=O) groups is 4. The number of aldehydes is 1. The normalized spacial score (nSPS) is 19.4. The second-order valence-corrected chi connectivity index (χ2v) is 11.9. The highest BCUT2D eigenvalue weighted by atomic mass is 16.2. The van der Waals surface area contributed by atoms with Gasteiger partial charge in [0, 0.05) is 43.4 Å².